The van der Waals surface area contributed by atoms with Crippen LogP contribution in [0.2, 0.25) is 0 Å². The van der Waals surface area contributed by atoms with Gasteiger partial charge in [-0.3, -0.25) is 4.79 Å². The van der Waals surface area contributed by atoms with Crippen molar-refractivity contribution >= 4 is 5.91 Å². The smallest absolute Gasteiger partial charge is 0.223 e. The van der Waals surface area contributed by atoms with Gasteiger partial charge in [0.1, 0.15) is 12.4 Å². The minimum Gasteiger partial charge on any atom is -0.489 e. The number of nitrogens with zero attached hydrogens (tertiary/aromatic N) is 1. The summed E-state index contributed by atoms with van der Waals surface area (Å²) in [6.07, 6.45) is 5.18. The lowest BCUT2D eigenvalue weighted by Gasteiger charge is -2.27. The number of unbranched alkanes of at least 4 members (excludes halogenated alkanes) is 3. The Hall–Kier alpha value is -2.29. The molecule has 0 saturated carbocycles. The Morgan fingerprint density at radius 3 is 2.26 bits per heavy atom. The fourth-order valence-electron chi connectivity index (χ4n) is 3.03. The fraction of sp³-hybridized carbons (Fsp3) is 0.458. The lowest BCUT2D eigenvalue weighted by atomic mass is 10.1. The topological polar surface area (TPSA) is 29.5 Å². The number of carbonyl (C=O) groups excluding carboxylic acids is 1. The summed E-state index contributed by atoms with van der Waals surface area (Å²) in [4.78, 5) is 14.6. The molecule has 2 aromatic carbocycles. The van der Waals surface area contributed by atoms with Crippen LogP contribution in [0.1, 0.15) is 64.0 Å². The summed E-state index contributed by atoms with van der Waals surface area (Å²) in [6, 6.07) is 18.4. The van der Waals surface area contributed by atoms with Crippen LogP contribution in [0.5, 0.6) is 5.75 Å². The van der Waals surface area contributed by atoms with E-state index in [9.17, 15) is 4.79 Å². The molecule has 2 rings (SSSR count). The van der Waals surface area contributed by atoms with Crippen LogP contribution in [0.4, 0.5) is 0 Å². The average Bonchev–Trinajstić information content (AvgIpc) is 2.69. The van der Waals surface area contributed by atoms with Crippen molar-refractivity contribution < 1.29 is 9.53 Å². The number of ether oxygens (including phenoxy) is 1. The molecule has 0 saturated heterocycles. The first-order valence-electron chi connectivity index (χ1n) is 10.1. The second-order valence-electron chi connectivity index (χ2n) is 7.34. The van der Waals surface area contributed by atoms with Crippen molar-refractivity contribution in [2.45, 2.75) is 72.1 Å². The van der Waals surface area contributed by atoms with E-state index in [1.165, 1.54) is 12.8 Å². The summed E-state index contributed by atoms with van der Waals surface area (Å²) < 4.78 is 5.84. The number of amides is 1. The predicted octanol–water partition coefficient (Wildman–Crippen LogP) is 5.97. The fourth-order valence-corrected chi connectivity index (χ4v) is 3.03. The Kier molecular flexibility index (Phi) is 8.90. The third-order valence-corrected chi connectivity index (χ3v) is 4.71. The summed E-state index contributed by atoms with van der Waals surface area (Å²) in [6.45, 7) is 7.58. The zero-order valence-electron chi connectivity index (χ0n) is 17.0. The molecule has 0 aliphatic carbocycles. The summed E-state index contributed by atoms with van der Waals surface area (Å²) in [5.41, 5.74) is 2.29. The standard InChI is InChI=1S/C24H33NO2/c1-4-5-6-10-13-24(26)25(20(2)3)18-21-14-16-23(17-15-21)27-19-22-11-8-7-9-12-22/h7-9,11-12,14-17,20H,4-6,10,13,18-19H2,1-3H3. The van der Waals surface area contributed by atoms with E-state index in [0.29, 0.717) is 19.6 Å². The van der Waals surface area contributed by atoms with Crippen LogP contribution in [0.3, 0.4) is 0 Å². The minimum absolute atomic E-state index is 0.206. The first-order chi connectivity index (χ1) is 13.1. The molecule has 1 amide bonds. The first-order valence-corrected chi connectivity index (χ1v) is 10.1. The lowest BCUT2D eigenvalue weighted by Crippen LogP contribution is -2.36. The molecule has 3 nitrogen and oxygen atoms in total. The van der Waals surface area contributed by atoms with Crippen molar-refractivity contribution in [1.82, 2.24) is 4.90 Å². The van der Waals surface area contributed by atoms with E-state index in [1.54, 1.807) is 0 Å². The zero-order chi connectivity index (χ0) is 19.5. The SMILES string of the molecule is CCCCCCC(=O)N(Cc1ccc(OCc2ccccc2)cc1)C(C)C. The maximum absolute atomic E-state index is 12.6. The van der Waals surface area contributed by atoms with Gasteiger partial charge in [0.15, 0.2) is 0 Å². The molecule has 0 fully saturated rings. The Bertz CT molecular complexity index is 665. The summed E-state index contributed by atoms with van der Waals surface area (Å²) in [7, 11) is 0. The molecule has 27 heavy (non-hydrogen) atoms. The van der Waals surface area contributed by atoms with Gasteiger partial charge in [0.05, 0.1) is 0 Å². The normalized spacial score (nSPS) is 10.8. The van der Waals surface area contributed by atoms with Crippen LogP contribution in [0.25, 0.3) is 0 Å². The number of hydrogen-bond acceptors (Lipinski definition) is 2. The molecule has 0 aliphatic rings. The number of benzene rings is 2. The van der Waals surface area contributed by atoms with Crippen LogP contribution in [-0.2, 0) is 17.9 Å². The molecule has 0 heterocycles. The van der Waals surface area contributed by atoms with Crippen LogP contribution in [0.15, 0.2) is 54.6 Å². The maximum atomic E-state index is 12.6. The number of rotatable bonds is 11. The molecule has 0 aromatic heterocycles. The van der Waals surface area contributed by atoms with Gasteiger partial charge in [0.25, 0.3) is 0 Å². The van der Waals surface area contributed by atoms with Crippen LogP contribution in [-0.4, -0.2) is 16.8 Å². The molecule has 0 radical (unpaired) electrons. The molecular formula is C24H33NO2. The summed E-state index contributed by atoms with van der Waals surface area (Å²) >= 11 is 0. The van der Waals surface area contributed by atoms with Crippen molar-refractivity contribution in [3.05, 3.63) is 65.7 Å². The van der Waals surface area contributed by atoms with Crippen LogP contribution >= 0.6 is 0 Å². The molecule has 0 bridgehead atoms. The molecule has 2 aromatic rings. The molecule has 0 aliphatic heterocycles. The Labute approximate surface area is 164 Å². The molecule has 0 atom stereocenters. The van der Waals surface area contributed by atoms with Crippen LogP contribution in [0, 0.1) is 0 Å². The molecular weight excluding hydrogens is 334 g/mol. The Morgan fingerprint density at radius 2 is 1.63 bits per heavy atom. The van der Waals surface area contributed by atoms with Crippen molar-refractivity contribution in [3.8, 4) is 5.75 Å². The van der Waals surface area contributed by atoms with E-state index >= 15 is 0 Å². The largest absolute Gasteiger partial charge is 0.489 e. The van der Waals surface area contributed by atoms with Gasteiger partial charge in [0.2, 0.25) is 5.91 Å². The monoisotopic (exact) mass is 367 g/mol. The quantitative estimate of drug-likeness (QED) is 0.458. The van der Waals surface area contributed by atoms with Gasteiger partial charge in [-0.1, -0.05) is 68.7 Å². The van der Waals surface area contributed by atoms with Gasteiger partial charge in [-0.2, -0.15) is 0 Å². The van der Waals surface area contributed by atoms with Crippen molar-refractivity contribution in [2.75, 3.05) is 0 Å². The Balaban J connectivity index is 1.87. The highest BCUT2D eigenvalue weighted by Gasteiger charge is 2.16. The van der Waals surface area contributed by atoms with Crippen molar-refractivity contribution in [3.63, 3.8) is 0 Å². The van der Waals surface area contributed by atoms with Gasteiger partial charge < -0.3 is 9.64 Å². The number of carbonyl (C=O) groups is 1. The molecule has 0 N–H and O–H groups in total. The van der Waals surface area contributed by atoms with E-state index in [-0.39, 0.29) is 11.9 Å². The van der Waals surface area contributed by atoms with Gasteiger partial charge in [0, 0.05) is 19.0 Å². The third-order valence-electron chi connectivity index (χ3n) is 4.71. The average molecular weight is 368 g/mol. The minimum atomic E-state index is 0.206. The third kappa shape index (κ3) is 7.46. The highest BCUT2D eigenvalue weighted by atomic mass is 16.5. The van der Waals surface area contributed by atoms with E-state index < -0.39 is 0 Å². The van der Waals surface area contributed by atoms with Gasteiger partial charge >= 0.3 is 0 Å². The predicted molar refractivity (Wildman–Crippen MR) is 112 cm³/mol. The van der Waals surface area contributed by atoms with E-state index in [0.717, 1.165) is 29.7 Å². The van der Waals surface area contributed by atoms with Crippen molar-refractivity contribution in [1.29, 1.82) is 0 Å². The highest BCUT2D eigenvalue weighted by Crippen LogP contribution is 2.17. The second-order valence-corrected chi connectivity index (χ2v) is 7.34. The Morgan fingerprint density at radius 1 is 0.926 bits per heavy atom. The van der Waals surface area contributed by atoms with Gasteiger partial charge in [-0.15, -0.1) is 0 Å². The molecule has 0 unspecified atom stereocenters. The summed E-state index contributed by atoms with van der Waals surface area (Å²) in [5.74, 6) is 1.11. The van der Waals surface area contributed by atoms with Crippen LogP contribution < -0.4 is 4.74 Å². The second kappa shape index (κ2) is 11.4. The highest BCUT2D eigenvalue weighted by molar-refractivity contribution is 5.76. The zero-order valence-corrected chi connectivity index (χ0v) is 17.0. The first kappa shape index (κ1) is 21.0. The lowest BCUT2D eigenvalue weighted by molar-refractivity contribution is -0.133. The van der Waals surface area contributed by atoms with Gasteiger partial charge in [-0.25, -0.2) is 0 Å². The van der Waals surface area contributed by atoms with E-state index in [4.69, 9.17) is 4.74 Å². The number of hydrogen-bond donors (Lipinski definition) is 0. The van der Waals surface area contributed by atoms with Crippen molar-refractivity contribution in [2.24, 2.45) is 0 Å². The van der Waals surface area contributed by atoms with Gasteiger partial charge in [-0.05, 0) is 43.5 Å². The van der Waals surface area contributed by atoms with E-state index in [1.807, 2.05) is 35.2 Å². The van der Waals surface area contributed by atoms with E-state index in [2.05, 4.69) is 45.0 Å². The molecule has 146 valence electrons. The molecule has 3 heteroatoms. The maximum Gasteiger partial charge on any atom is 0.223 e. The summed E-state index contributed by atoms with van der Waals surface area (Å²) in [5, 5.41) is 0. The molecule has 0 spiro atoms.